The minimum atomic E-state index is -0.520. The van der Waals surface area contributed by atoms with Gasteiger partial charge in [0, 0.05) is 0 Å². The van der Waals surface area contributed by atoms with E-state index < -0.39 is 5.60 Å². The van der Waals surface area contributed by atoms with Gasteiger partial charge in [-0.25, -0.2) is 0 Å². The molecule has 11 heavy (non-hydrogen) atoms. The first-order chi connectivity index (χ1) is 5.12. The maximum absolute atomic E-state index is 9.56. The molecule has 67 valence electrons. The van der Waals surface area contributed by atoms with Crippen LogP contribution in [-0.4, -0.2) is 10.7 Å². The van der Waals surface area contributed by atoms with Gasteiger partial charge in [-0.3, -0.25) is 0 Å². The average Bonchev–Trinajstić information content (AvgIpc) is 1.99. The van der Waals surface area contributed by atoms with Gasteiger partial charge < -0.3 is 5.11 Å². The van der Waals surface area contributed by atoms with E-state index in [1.807, 2.05) is 6.92 Å². The van der Waals surface area contributed by atoms with Crippen LogP contribution in [-0.2, 0) is 0 Å². The van der Waals surface area contributed by atoms with Gasteiger partial charge in [-0.15, -0.1) is 0 Å². The van der Waals surface area contributed by atoms with E-state index in [2.05, 4.69) is 13.8 Å². The Bertz CT molecular complexity index is 86.9. The predicted octanol–water partition coefficient (Wildman–Crippen LogP) is 2.93. The van der Waals surface area contributed by atoms with Crippen LogP contribution in [0, 0.1) is 6.92 Å². The van der Waals surface area contributed by atoms with Crippen molar-refractivity contribution in [3.63, 3.8) is 0 Å². The first-order valence-corrected chi connectivity index (χ1v) is 4.64. The van der Waals surface area contributed by atoms with E-state index in [9.17, 15) is 5.11 Å². The zero-order valence-electron chi connectivity index (χ0n) is 7.90. The molecule has 0 aliphatic carbocycles. The van der Waals surface area contributed by atoms with Crippen LogP contribution in [0.4, 0.5) is 0 Å². The number of hydrogen-bond acceptors (Lipinski definition) is 1. The molecular weight excluding hydrogens is 136 g/mol. The van der Waals surface area contributed by atoms with E-state index in [4.69, 9.17) is 0 Å². The van der Waals surface area contributed by atoms with Crippen molar-refractivity contribution in [2.75, 3.05) is 0 Å². The Labute approximate surface area is 70.8 Å². The van der Waals surface area contributed by atoms with Gasteiger partial charge >= 0.3 is 0 Å². The molecule has 0 bridgehead atoms. The molecule has 0 aromatic rings. The molecule has 1 unspecified atom stereocenters. The lowest BCUT2D eigenvalue weighted by molar-refractivity contribution is 0.0505. The van der Waals surface area contributed by atoms with E-state index in [0.717, 1.165) is 12.8 Å². The fourth-order valence-corrected chi connectivity index (χ4v) is 1.06. The summed E-state index contributed by atoms with van der Waals surface area (Å²) in [7, 11) is 0. The highest BCUT2D eigenvalue weighted by atomic mass is 16.3. The Morgan fingerprint density at radius 1 is 1.27 bits per heavy atom. The first kappa shape index (κ1) is 11.0. The third-order valence-electron chi connectivity index (χ3n) is 2.11. The van der Waals surface area contributed by atoms with Gasteiger partial charge in [-0.2, -0.15) is 0 Å². The van der Waals surface area contributed by atoms with Crippen LogP contribution in [0.2, 0.25) is 0 Å². The largest absolute Gasteiger partial charge is 0.390 e. The third kappa shape index (κ3) is 6.36. The van der Waals surface area contributed by atoms with Crippen LogP contribution in [0.3, 0.4) is 0 Å². The van der Waals surface area contributed by atoms with Crippen molar-refractivity contribution in [2.45, 2.75) is 58.0 Å². The SMILES string of the molecule is [CH2]CC(C)(O)CCCCCC. The molecule has 0 saturated heterocycles. The second-order valence-corrected chi connectivity index (χ2v) is 3.56. The van der Waals surface area contributed by atoms with E-state index in [1.54, 1.807) is 0 Å². The minimum absolute atomic E-state index is 0.520. The summed E-state index contributed by atoms with van der Waals surface area (Å²) in [5.41, 5.74) is -0.520. The lowest BCUT2D eigenvalue weighted by Gasteiger charge is -2.20. The third-order valence-corrected chi connectivity index (χ3v) is 2.11. The van der Waals surface area contributed by atoms with E-state index in [-0.39, 0.29) is 0 Å². The molecule has 0 aromatic carbocycles. The normalized spacial score (nSPS) is 16.4. The zero-order valence-corrected chi connectivity index (χ0v) is 7.90. The molecule has 1 N–H and O–H groups in total. The Hall–Kier alpha value is -0.0400. The first-order valence-electron chi connectivity index (χ1n) is 4.64. The van der Waals surface area contributed by atoms with Crippen LogP contribution >= 0.6 is 0 Å². The molecule has 0 heterocycles. The monoisotopic (exact) mass is 157 g/mol. The molecule has 0 rings (SSSR count). The fraction of sp³-hybridized carbons (Fsp3) is 0.900. The van der Waals surface area contributed by atoms with Crippen molar-refractivity contribution in [1.29, 1.82) is 0 Å². The topological polar surface area (TPSA) is 20.2 Å². The zero-order chi connectivity index (χ0) is 8.74. The molecule has 0 fully saturated rings. The number of rotatable bonds is 6. The Morgan fingerprint density at radius 2 is 1.91 bits per heavy atom. The van der Waals surface area contributed by atoms with E-state index in [0.29, 0.717) is 6.42 Å². The molecule has 0 spiro atoms. The molecule has 0 aromatic heterocycles. The number of unbranched alkanes of at least 4 members (excludes halogenated alkanes) is 3. The molecule has 0 saturated carbocycles. The lowest BCUT2D eigenvalue weighted by Crippen LogP contribution is -2.22. The van der Waals surface area contributed by atoms with Gasteiger partial charge in [0.2, 0.25) is 0 Å². The highest BCUT2D eigenvalue weighted by Gasteiger charge is 2.15. The summed E-state index contributed by atoms with van der Waals surface area (Å²) >= 11 is 0. The summed E-state index contributed by atoms with van der Waals surface area (Å²) in [6.07, 6.45) is 6.44. The average molecular weight is 157 g/mol. The molecule has 0 aliphatic rings. The van der Waals surface area contributed by atoms with Crippen molar-refractivity contribution in [2.24, 2.45) is 0 Å². The van der Waals surface area contributed by atoms with Gasteiger partial charge in [0.15, 0.2) is 0 Å². The fourth-order valence-electron chi connectivity index (χ4n) is 1.06. The van der Waals surface area contributed by atoms with Crippen LogP contribution < -0.4 is 0 Å². The van der Waals surface area contributed by atoms with Crippen molar-refractivity contribution < 1.29 is 5.11 Å². The van der Waals surface area contributed by atoms with Gasteiger partial charge in [0.25, 0.3) is 0 Å². The highest BCUT2D eigenvalue weighted by molar-refractivity contribution is 4.72. The maximum Gasteiger partial charge on any atom is 0.0619 e. The summed E-state index contributed by atoms with van der Waals surface area (Å²) in [6, 6.07) is 0. The van der Waals surface area contributed by atoms with Gasteiger partial charge in [0.05, 0.1) is 5.60 Å². The molecule has 0 aliphatic heterocycles. The molecule has 1 heteroatoms. The predicted molar refractivity (Wildman–Crippen MR) is 49.4 cm³/mol. The second kappa shape index (κ2) is 5.59. The maximum atomic E-state index is 9.56. The molecule has 1 nitrogen and oxygen atoms in total. The summed E-state index contributed by atoms with van der Waals surface area (Å²) in [4.78, 5) is 0. The van der Waals surface area contributed by atoms with Gasteiger partial charge in [-0.05, 0) is 19.8 Å². The van der Waals surface area contributed by atoms with Crippen LogP contribution in [0.1, 0.15) is 52.4 Å². The van der Waals surface area contributed by atoms with Crippen LogP contribution in [0.15, 0.2) is 0 Å². The van der Waals surface area contributed by atoms with Crippen molar-refractivity contribution in [3.05, 3.63) is 6.92 Å². The van der Waals surface area contributed by atoms with Gasteiger partial charge in [-0.1, -0.05) is 39.5 Å². The second-order valence-electron chi connectivity index (χ2n) is 3.56. The van der Waals surface area contributed by atoms with Crippen molar-refractivity contribution in [1.82, 2.24) is 0 Å². The summed E-state index contributed by atoms with van der Waals surface area (Å²) in [5, 5.41) is 9.56. The number of aliphatic hydroxyl groups is 1. The lowest BCUT2D eigenvalue weighted by atomic mass is 9.95. The Kier molecular flexibility index (Phi) is 5.57. The Morgan fingerprint density at radius 3 is 2.36 bits per heavy atom. The Balaban J connectivity index is 3.23. The summed E-state index contributed by atoms with van der Waals surface area (Å²) in [6.45, 7) is 7.77. The number of hydrogen-bond donors (Lipinski definition) is 1. The summed E-state index contributed by atoms with van der Waals surface area (Å²) in [5.74, 6) is 0. The van der Waals surface area contributed by atoms with Crippen molar-refractivity contribution >= 4 is 0 Å². The van der Waals surface area contributed by atoms with Crippen molar-refractivity contribution in [3.8, 4) is 0 Å². The molecule has 1 radical (unpaired) electrons. The van der Waals surface area contributed by atoms with Gasteiger partial charge in [0.1, 0.15) is 0 Å². The van der Waals surface area contributed by atoms with E-state index in [1.165, 1.54) is 19.3 Å². The smallest absolute Gasteiger partial charge is 0.0619 e. The molecule has 1 atom stereocenters. The standard InChI is InChI=1S/C10H21O/c1-4-6-7-8-9-10(3,11)5-2/h11H,2,4-9H2,1,3H3. The quantitative estimate of drug-likeness (QED) is 0.588. The highest BCUT2D eigenvalue weighted by Crippen LogP contribution is 2.17. The molecule has 0 amide bonds. The summed E-state index contributed by atoms with van der Waals surface area (Å²) < 4.78 is 0. The minimum Gasteiger partial charge on any atom is -0.390 e. The van der Waals surface area contributed by atoms with Crippen LogP contribution in [0.5, 0.6) is 0 Å². The van der Waals surface area contributed by atoms with Crippen LogP contribution in [0.25, 0.3) is 0 Å². The van der Waals surface area contributed by atoms with E-state index >= 15 is 0 Å². The molecular formula is C10H21O.